The highest BCUT2D eigenvalue weighted by Gasteiger charge is 2.10. The van der Waals surface area contributed by atoms with E-state index in [0.29, 0.717) is 28.8 Å². The number of carbonyl (C=O) groups is 1. The molecule has 6 heteroatoms. The molecule has 0 aliphatic rings. The van der Waals surface area contributed by atoms with Gasteiger partial charge in [-0.15, -0.1) is 0 Å². The number of rotatable bonds is 8. The van der Waals surface area contributed by atoms with E-state index in [2.05, 4.69) is 42.7 Å². The first kappa shape index (κ1) is 22.5. The molecule has 162 valence electrons. The van der Waals surface area contributed by atoms with Crippen LogP contribution < -0.4 is 20.1 Å². The molecule has 1 amide bonds. The van der Waals surface area contributed by atoms with Crippen molar-refractivity contribution in [3.63, 3.8) is 0 Å². The van der Waals surface area contributed by atoms with Crippen molar-refractivity contribution in [3.05, 3.63) is 81.9 Å². The van der Waals surface area contributed by atoms with Crippen molar-refractivity contribution in [2.45, 2.75) is 27.3 Å². The second-order valence-corrected chi connectivity index (χ2v) is 7.87. The molecular weight excluding hydrogens is 412 g/mol. The molecule has 31 heavy (non-hydrogen) atoms. The van der Waals surface area contributed by atoms with Crippen LogP contribution in [0.5, 0.6) is 11.5 Å². The first-order valence-corrected chi connectivity index (χ1v) is 10.4. The molecule has 0 bridgehead atoms. The number of benzene rings is 3. The smallest absolute Gasteiger partial charge is 0.262 e. The van der Waals surface area contributed by atoms with Crippen molar-refractivity contribution in [2.24, 2.45) is 0 Å². The van der Waals surface area contributed by atoms with Gasteiger partial charge in [0.1, 0.15) is 0 Å². The number of hydrogen-bond donors (Lipinski definition) is 2. The summed E-state index contributed by atoms with van der Waals surface area (Å²) in [5.41, 5.74) is 6.22. The van der Waals surface area contributed by atoms with Gasteiger partial charge in [0.05, 0.1) is 7.11 Å². The topological polar surface area (TPSA) is 59.6 Å². The minimum Gasteiger partial charge on any atom is -0.493 e. The number of methoxy groups -OCH3 is 1. The molecule has 0 saturated heterocycles. The number of amides is 1. The zero-order chi connectivity index (χ0) is 22.4. The average Bonchev–Trinajstić information content (AvgIpc) is 2.76. The van der Waals surface area contributed by atoms with E-state index < -0.39 is 0 Å². The normalized spacial score (nSPS) is 10.5. The summed E-state index contributed by atoms with van der Waals surface area (Å²) in [6.07, 6.45) is 0. The molecule has 3 rings (SSSR count). The fourth-order valence-electron chi connectivity index (χ4n) is 3.06. The summed E-state index contributed by atoms with van der Waals surface area (Å²) in [6, 6.07) is 17.3. The molecular formula is C25H27ClN2O3. The quantitative estimate of drug-likeness (QED) is 0.459. The van der Waals surface area contributed by atoms with Gasteiger partial charge in [-0.05, 0) is 79.4 Å². The van der Waals surface area contributed by atoms with Gasteiger partial charge in [0.2, 0.25) is 0 Å². The van der Waals surface area contributed by atoms with E-state index in [4.69, 9.17) is 21.1 Å². The van der Waals surface area contributed by atoms with E-state index >= 15 is 0 Å². The molecule has 2 N–H and O–H groups in total. The summed E-state index contributed by atoms with van der Waals surface area (Å²) in [7, 11) is 1.58. The van der Waals surface area contributed by atoms with Gasteiger partial charge in [-0.2, -0.15) is 0 Å². The molecule has 0 atom stereocenters. The van der Waals surface area contributed by atoms with Gasteiger partial charge in [0.25, 0.3) is 5.91 Å². The van der Waals surface area contributed by atoms with Crippen LogP contribution in [0, 0.1) is 20.8 Å². The maximum Gasteiger partial charge on any atom is 0.262 e. The van der Waals surface area contributed by atoms with Crippen LogP contribution in [0.2, 0.25) is 5.02 Å². The molecule has 0 aromatic heterocycles. The molecule has 5 nitrogen and oxygen atoms in total. The fraction of sp³-hybridized carbons (Fsp3) is 0.240. The Balaban J connectivity index is 1.59. The lowest BCUT2D eigenvalue weighted by atomic mass is 10.1. The van der Waals surface area contributed by atoms with Crippen LogP contribution in [0.4, 0.5) is 11.4 Å². The lowest BCUT2D eigenvalue weighted by molar-refractivity contribution is -0.118. The van der Waals surface area contributed by atoms with Crippen molar-refractivity contribution in [1.29, 1.82) is 0 Å². The van der Waals surface area contributed by atoms with Crippen molar-refractivity contribution >= 4 is 28.9 Å². The van der Waals surface area contributed by atoms with E-state index in [1.165, 1.54) is 11.1 Å². The van der Waals surface area contributed by atoms with Gasteiger partial charge >= 0.3 is 0 Å². The highest BCUT2D eigenvalue weighted by Crippen LogP contribution is 2.29. The first-order valence-electron chi connectivity index (χ1n) is 10.0. The standard InChI is InChI=1S/C25H27ClN2O3/c1-16-6-9-21(11-18(16)3)27-14-19-7-10-23(24(12-19)30-4)31-15-25(29)28-22-13-20(26)8-5-17(22)2/h5-13,27H,14-15H2,1-4H3,(H,28,29). The Morgan fingerprint density at radius 1 is 0.903 bits per heavy atom. The Kier molecular flexibility index (Phi) is 7.42. The molecule has 0 unspecified atom stereocenters. The number of aryl methyl sites for hydroxylation is 3. The van der Waals surface area contributed by atoms with E-state index in [1.54, 1.807) is 19.2 Å². The third-order valence-corrected chi connectivity index (χ3v) is 5.30. The minimum atomic E-state index is -0.270. The Morgan fingerprint density at radius 2 is 1.68 bits per heavy atom. The Bertz CT molecular complexity index is 1080. The van der Waals surface area contributed by atoms with Gasteiger partial charge < -0.3 is 20.1 Å². The molecule has 0 fully saturated rings. The molecule has 0 aliphatic heterocycles. The SMILES string of the molecule is COc1cc(CNc2ccc(C)c(C)c2)ccc1OCC(=O)Nc1cc(Cl)ccc1C. The van der Waals surface area contributed by atoms with Crippen LogP contribution in [0.1, 0.15) is 22.3 Å². The summed E-state index contributed by atoms with van der Waals surface area (Å²) in [5.74, 6) is 0.814. The van der Waals surface area contributed by atoms with Gasteiger partial charge in [-0.25, -0.2) is 0 Å². The number of ether oxygens (including phenoxy) is 2. The second kappa shape index (κ2) is 10.2. The molecule has 0 saturated carbocycles. The van der Waals surface area contributed by atoms with Crippen LogP contribution in [-0.2, 0) is 11.3 Å². The number of anilines is 2. The zero-order valence-electron chi connectivity index (χ0n) is 18.2. The summed E-state index contributed by atoms with van der Waals surface area (Å²) in [4.78, 5) is 12.3. The monoisotopic (exact) mass is 438 g/mol. The highest BCUT2D eigenvalue weighted by atomic mass is 35.5. The summed E-state index contributed by atoms with van der Waals surface area (Å²) in [6.45, 7) is 6.61. The Hall–Kier alpha value is -3.18. The third kappa shape index (κ3) is 6.15. The van der Waals surface area contributed by atoms with Crippen LogP contribution in [0.25, 0.3) is 0 Å². The second-order valence-electron chi connectivity index (χ2n) is 7.43. The highest BCUT2D eigenvalue weighted by molar-refractivity contribution is 6.31. The molecule has 3 aromatic carbocycles. The van der Waals surface area contributed by atoms with Crippen molar-refractivity contribution in [1.82, 2.24) is 0 Å². The van der Waals surface area contributed by atoms with Crippen molar-refractivity contribution in [3.8, 4) is 11.5 Å². The summed E-state index contributed by atoms with van der Waals surface area (Å²) >= 11 is 6.00. The maximum atomic E-state index is 12.3. The van der Waals surface area contributed by atoms with E-state index in [-0.39, 0.29) is 12.5 Å². The minimum absolute atomic E-state index is 0.136. The van der Waals surface area contributed by atoms with Crippen LogP contribution in [0.3, 0.4) is 0 Å². The Labute approximate surface area is 188 Å². The van der Waals surface area contributed by atoms with E-state index in [0.717, 1.165) is 16.8 Å². The van der Waals surface area contributed by atoms with Crippen LogP contribution in [0.15, 0.2) is 54.6 Å². The Morgan fingerprint density at radius 3 is 2.42 bits per heavy atom. The number of nitrogens with one attached hydrogen (secondary N) is 2. The summed E-state index contributed by atoms with van der Waals surface area (Å²) < 4.78 is 11.1. The number of carbonyl (C=O) groups excluding carboxylic acids is 1. The lowest BCUT2D eigenvalue weighted by Crippen LogP contribution is -2.20. The fourth-order valence-corrected chi connectivity index (χ4v) is 3.23. The van der Waals surface area contributed by atoms with Crippen LogP contribution >= 0.6 is 11.6 Å². The predicted molar refractivity (Wildman–Crippen MR) is 127 cm³/mol. The molecule has 0 aliphatic carbocycles. The maximum absolute atomic E-state index is 12.3. The third-order valence-electron chi connectivity index (χ3n) is 5.06. The first-order chi connectivity index (χ1) is 14.9. The van der Waals surface area contributed by atoms with Gasteiger partial charge in [-0.3, -0.25) is 4.79 Å². The molecule has 0 radical (unpaired) electrons. The van der Waals surface area contributed by atoms with Crippen molar-refractivity contribution < 1.29 is 14.3 Å². The zero-order valence-corrected chi connectivity index (χ0v) is 19.0. The molecule has 0 heterocycles. The number of hydrogen-bond acceptors (Lipinski definition) is 4. The van der Waals surface area contributed by atoms with Gasteiger partial charge in [0.15, 0.2) is 18.1 Å². The van der Waals surface area contributed by atoms with Crippen molar-refractivity contribution in [2.75, 3.05) is 24.4 Å². The van der Waals surface area contributed by atoms with E-state index in [1.807, 2.05) is 31.2 Å². The predicted octanol–water partition coefficient (Wildman–Crippen LogP) is 5.90. The number of halogens is 1. The van der Waals surface area contributed by atoms with E-state index in [9.17, 15) is 4.79 Å². The van der Waals surface area contributed by atoms with Crippen LogP contribution in [-0.4, -0.2) is 19.6 Å². The molecule has 3 aromatic rings. The molecule has 0 spiro atoms. The average molecular weight is 439 g/mol. The largest absolute Gasteiger partial charge is 0.493 e. The lowest BCUT2D eigenvalue weighted by Gasteiger charge is -2.14. The van der Waals surface area contributed by atoms with Gasteiger partial charge in [-0.1, -0.05) is 29.8 Å². The summed E-state index contributed by atoms with van der Waals surface area (Å²) in [5, 5.41) is 6.80. The van der Waals surface area contributed by atoms with Gasteiger partial charge in [0, 0.05) is 22.9 Å².